The predicted octanol–water partition coefficient (Wildman–Crippen LogP) is 2.45. The fourth-order valence-corrected chi connectivity index (χ4v) is 4.90. The summed E-state index contributed by atoms with van der Waals surface area (Å²) in [6.07, 6.45) is 0.906. The molecule has 4 heterocycles. The van der Waals surface area contributed by atoms with Gasteiger partial charge in [-0.15, -0.1) is 0 Å². The Kier molecular flexibility index (Phi) is 4.62. The van der Waals surface area contributed by atoms with Gasteiger partial charge >= 0.3 is 0 Å². The molecule has 0 bridgehead atoms. The van der Waals surface area contributed by atoms with E-state index in [2.05, 4.69) is 31.9 Å². The van der Waals surface area contributed by atoms with E-state index in [0.29, 0.717) is 11.4 Å². The van der Waals surface area contributed by atoms with Crippen LogP contribution in [0, 0.1) is 0 Å². The van der Waals surface area contributed by atoms with Gasteiger partial charge in [-0.25, -0.2) is 4.98 Å². The molecule has 2 saturated heterocycles. The number of anilines is 2. The molecule has 0 radical (unpaired) electrons. The van der Waals surface area contributed by atoms with Crippen molar-refractivity contribution in [3.8, 4) is 11.4 Å². The fourth-order valence-electron chi connectivity index (χ4n) is 4.90. The van der Waals surface area contributed by atoms with Crippen LogP contribution in [0.2, 0.25) is 0 Å². The van der Waals surface area contributed by atoms with Crippen molar-refractivity contribution in [2.24, 2.45) is 5.73 Å². The van der Waals surface area contributed by atoms with Crippen LogP contribution in [0.3, 0.4) is 0 Å². The highest BCUT2D eigenvalue weighted by atomic mass is 16.5. The summed E-state index contributed by atoms with van der Waals surface area (Å²) in [6, 6.07) is 14.2. The standard InChI is InChI=1S/C24H26N6O2/c25-15-7-8-30(14-15)22-17-3-1-2-4-18(17)28-24(31)21(22)23-26-19-6-5-16(13-20(19)27-23)29-9-11-32-12-10-29/h1-6,13,15H,7-12,14,25H2,(H,26,27)(H,28,31). The third-order valence-corrected chi connectivity index (χ3v) is 6.51. The Hall–Kier alpha value is -3.36. The zero-order chi connectivity index (χ0) is 21.7. The molecule has 2 aromatic heterocycles. The van der Waals surface area contributed by atoms with Gasteiger partial charge in [0.1, 0.15) is 11.4 Å². The molecule has 1 atom stereocenters. The third-order valence-electron chi connectivity index (χ3n) is 6.51. The Morgan fingerprint density at radius 3 is 2.66 bits per heavy atom. The van der Waals surface area contributed by atoms with E-state index in [0.717, 1.165) is 79.1 Å². The molecule has 2 aliphatic heterocycles. The van der Waals surface area contributed by atoms with E-state index in [4.69, 9.17) is 15.5 Å². The fraction of sp³-hybridized carbons (Fsp3) is 0.333. The minimum atomic E-state index is -0.147. The lowest BCUT2D eigenvalue weighted by atomic mass is 10.1. The number of nitrogens with two attached hydrogens (primary N) is 1. The molecule has 4 aromatic rings. The molecule has 0 amide bonds. The summed E-state index contributed by atoms with van der Waals surface area (Å²) in [5.74, 6) is 0.585. The first-order valence-electron chi connectivity index (χ1n) is 11.2. The highest BCUT2D eigenvalue weighted by Crippen LogP contribution is 2.35. The molecule has 2 fully saturated rings. The Labute approximate surface area is 185 Å². The lowest BCUT2D eigenvalue weighted by molar-refractivity contribution is 0.122. The van der Waals surface area contributed by atoms with E-state index in [-0.39, 0.29) is 11.6 Å². The van der Waals surface area contributed by atoms with Crippen LogP contribution in [0.15, 0.2) is 47.3 Å². The maximum atomic E-state index is 13.3. The first-order valence-corrected chi connectivity index (χ1v) is 11.2. The van der Waals surface area contributed by atoms with Gasteiger partial charge < -0.3 is 30.2 Å². The second kappa shape index (κ2) is 7.65. The van der Waals surface area contributed by atoms with Gasteiger partial charge in [0.2, 0.25) is 0 Å². The first kappa shape index (κ1) is 19.3. The number of imidazole rings is 1. The van der Waals surface area contributed by atoms with Gasteiger partial charge in [-0.05, 0) is 30.7 Å². The number of nitrogens with one attached hydrogen (secondary N) is 2. The normalized spacial score (nSPS) is 19.3. The molecular formula is C24H26N6O2. The second-order valence-electron chi connectivity index (χ2n) is 8.60. The monoisotopic (exact) mass is 430 g/mol. The van der Waals surface area contributed by atoms with E-state index < -0.39 is 0 Å². The SMILES string of the molecule is NC1CCN(c2c(-c3nc4ccc(N5CCOCC5)cc4[nH]3)c(=O)[nH]c3ccccc23)C1. The number of hydrogen-bond acceptors (Lipinski definition) is 6. The number of pyridine rings is 1. The molecule has 164 valence electrons. The molecule has 6 rings (SSSR count). The highest BCUT2D eigenvalue weighted by Gasteiger charge is 2.27. The van der Waals surface area contributed by atoms with Crippen molar-refractivity contribution in [1.29, 1.82) is 0 Å². The van der Waals surface area contributed by atoms with Crippen molar-refractivity contribution >= 4 is 33.3 Å². The van der Waals surface area contributed by atoms with Crippen LogP contribution >= 0.6 is 0 Å². The van der Waals surface area contributed by atoms with Crippen molar-refractivity contribution < 1.29 is 4.74 Å². The summed E-state index contributed by atoms with van der Waals surface area (Å²) in [7, 11) is 0. The summed E-state index contributed by atoms with van der Waals surface area (Å²) in [5, 5.41) is 1.01. The van der Waals surface area contributed by atoms with Crippen LogP contribution in [-0.2, 0) is 4.74 Å². The number of fused-ring (bicyclic) bond motifs is 2. The van der Waals surface area contributed by atoms with Crippen molar-refractivity contribution in [2.75, 3.05) is 49.2 Å². The topological polar surface area (TPSA) is 103 Å². The number of nitrogens with zero attached hydrogens (tertiary/aromatic N) is 3. The average Bonchev–Trinajstić information content (AvgIpc) is 3.44. The summed E-state index contributed by atoms with van der Waals surface area (Å²) in [4.78, 5) is 29.1. The van der Waals surface area contributed by atoms with Gasteiger partial charge in [-0.2, -0.15) is 0 Å². The number of morpholine rings is 1. The molecule has 2 aliphatic rings. The van der Waals surface area contributed by atoms with Crippen molar-refractivity contribution in [3.63, 3.8) is 0 Å². The largest absolute Gasteiger partial charge is 0.378 e. The molecule has 2 aromatic carbocycles. The quantitative estimate of drug-likeness (QED) is 0.461. The number of ether oxygens (including phenoxy) is 1. The van der Waals surface area contributed by atoms with Gasteiger partial charge in [0.25, 0.3) is 5.56 Å². The van der Waals surface area contributed by atoms with E-state index >= 15 is 0 Å². The summed E-state index contributed by atoms with van der Waals surface area (Å²) < 4.78 is 5.47. The number of benzene rings is 2. The Morgan fingerprint density at radius 1 is 1.00 bits per heavy atom. The van der Waals surface area contributed by atoms with E-state index in [1.807, 2.05) is 30.3 Å². The van der Waals surface area contributed by atoms with Crippen LogP contribution in [0.1, 0.15) is 6.42 Å². The molecule has 4 N–H and O–H groups in total. The van der Waals surface area contributed by atoms with E-state index in [9.17, 15) is 4.79 Å². The maximum Gasteiger partial charge on any atom is 0.261 e. The number of hydrogen-bond donors (Lipinski definition) is 3. The van der Waals surface area contributed by atoms with E-state index in [1.165, 1.54) is 0 Å². The van der Waals surface area contributed by atoms with Gasteiger partial charge in [-0.1, -0.05) is 18.2 Å². The number of aromatic nitrogens is 3. The molecule has 0 spiro atoms. The van der Waals surface area contributed by atoms with Gasteiger partial charge in [0, 0.05) is 43.3 Å². The number of aromatic amines is 2. The molecule has 32 heavy (non-hydrogen) atoms. The van der Waals surface area contributed by atoms with Gasteiger partial charge in [0.15, 0.2) is 0 Å². The molecular weight excluding hydrogens is 404 g/mol. The van der Waals surface area contributed by atoms with Crippen LogP contribution in [0.5, 0.6) is 0 Å². The highest BCUT2D eigenvalue weighted by molar-refractivity contribution is 5.99. The number of para-hydroxylation sites is 1. The summed E-state index contributed by atoms with van der Waals surface area (Å²) in [5.41, 5.74) is 11.3. The predicted molar refractivity (Wildman–Crippen MR) is 127 cm³/mol. The lowest BCUT2D eigenvalue weighted by Crippen LogP contribution is -2.36. The second-order valence-corrected chi connectivity index (χ2v) is 8.60. The number of H-pyrrole nitrogens is 2. The summed E-state index contributed by atoms with van der Waals surface area (Å²) >= 11 is 0. The van der Waals surface area contributed by atoms with Crippen molar-refractivity contribution in [3.05, 3.63) is 52.8 Å². The van der Waals surface area contributed by atoms with Crippen LogP contribution < -0.4 is 21.1 Å². The van der Waals surface area contributed by atoms with Gasteiger partial charge in [0.05, 0.1) is 35.5 Å². The molecule has 0 saturated carbocycles. The smallest absolute Gasteiger partial charge is 0.261 e. The Balaban J connectivity index is 1.51. The zero-order valence-electron chi connectivity index (χ0n) is 17.8. The molecule has 8 heteroatoms. The molecule has 0 aliphatic carbocycles. The third kappa shape index (κ3) is 3.23. The first-order chi connectivity index (χ1) is 15.7. The molecule has 1 unspecified atom stereocenters. The van der Waals surface area contributed by atoms with Crippen LogP contribution in [0.25, 0.3) is 33.3 Å². The molecule has 8 nitrogen and oxygen atoms in total. The van der Waals surface area contributed by atoms with Crippen molar-refractivity contribution in [2.45, 2.75) is 12.5 Å². The van der Waals surface area contributed by atoms with E-state index in [1.54, 1.807) is 0 Å². The van der Waals surface area contributed by atoms with Crippen LogP contribution in [0.4, 0.5) is 11.4 Å². The lowest BCUT2D eigenvalue weighted by Gasteiger charge is -2.28. The zero-order valence-corrected chi connectivity index (χ0v) is 17.8. The van der Waals surface area contributed by atoms with Gasteiger partial charge in [-0.3, -0.25) is 4.79 Å². The minimum Gasteiger partial charge on any atom is -0.378 e. The van der Waals surface area contributed by atoms with Crippen LogP contribution in [-0.4, -0.2) is 60.4 Å². The average molecular weight is 431 g/mol. The summed E-state index contributed by atoms with van der Waals surface area (Å²) in [6.45, 7) is 4.76. The maximum absolute atomic E-state index is 13.3. The minimum absolute atomic E-state index is 0.104. The van der Waals surface area contributed by atoms with Crippen molar-refractivity contribution in [1.82, 2.24) is 15.0 Å². The Morgan fingerprint density at radius 2 is 1.84 bits per heavy atom. The Bertz CT molecular complexity index is 1350. The number of rotatable bonds is 3.